The van der Waals surface area contributed by atoms with Crippen LogP contribution in [0.25, 0.3) is 0 Å². The van der Waals surface area contributed by atoms with Crippen molar-refractivity contribution in [1.82, 2.24) is 20.2 Å². The molecule has 2 heterocycles. The predicted molar refractivity (Wildman–Crippen MR) is 117 cm³/mol. The molecular weight excluding hydrogens is 457 g/mol. The Morgan fingerprint density at radius 2 is 1.91 bits per heavy atom. The number of tetrazole rings is 1. The largest absolute Gasteiger partial charge is 0.494 e. The summed E-state index contributed by atoms with van der Waals surface area (Å²) in [6.07, 6.45) is 0. The van der Waals surface area contributed by atoms with Crippen LogP contribution in [0.4, 0.5) is 5.95 Å². The number of fused-ring (bicyclic) bond motifs is 1. The van der Waals surface area contributed by atoms with Gasteiger partial charge in [-0.1, -0.05) is 34.4 Å². The van der Waals surface area contributed by atoms with E-state index < -0.39 is 17.8 Å². The number of Topliss-reactive ketones (excluding diaryl/α,β-unsaturated/α-hetero) is 1. The molecular formula is C21H17Cl2N5O4. The third-order valence-corrected chi connectivity index (χ3v) is 5.40. The first-order valence-electron chi connectivity index (χ1n) is 9.54. The first-order valence-corrected chi connectivity index (χ1v) is 10.3. The van der Waals surface area contributed by atoms with E-state index in [-0.39, 0.29) is 22.2 Å². The quantitative estimate of drug-likeness (QED) is 0.426. The number of carbonyl (C=O) groups excluding carboxylic acids is 2. The lowest BCUT2D eigenvalue weighted by Crippen LogP contribution is -2.33. The van der Waals surface area contributed by atoms with Crippen molar-refractivity contribution < 1.29 is 19.1 Å². The van der Waals surface area contributed by atoms with Crippen LogP contribution < -0.4 is 10.1 Å². The summed E-state index contributed by atoms with van der Waals surface area (Å²) in [6.45, 7) is 2.36. The zero-order valence-corrected chi connectivity index (χ0v) is 18.5. The highest BCUT2D eigenvalue weighted by atomic mass is 35.5. The zero-order chi connectivity index (χ0) is 22.8. The highest BCUT2D eigenvalue weighted by molar-refractivity contribution is 6.35. The number of aromatic nitrogens is 4. The van der Waals surface area contributed by atoms with Gasteiger partial charge in [0.1, 0.15) is 17.5 Å². The molecule has 0 saturated carbocycles. The van der Waals surface area contributed by atoms with E-state index in [1.54, 1.807) is 42.5 Å². The molecule has 0 amide bonds. The molecule has 32 heavy (non-hydrogen) atoms. The summed E-state index contributed by atoms with van der Waals surface area (Å²) in [6, 6.07) is 10.5. The lowest BCUT2D eigenvalue weighted by molar-refractivity contribution is -0.136. The number of hydrogen-bond donors (Lipinski definition) is 1. The molecule has 0 saturated heterocycles. The number of ether oxygens (including phenoxy) is 2. The van der Waals surface area contributed by atoms with E-state index in [2.05, 4.69) is 20.8 Å². The fraction of sp³-hybridized carbons (Fsp3) is 0.190. The van der Waals surface area contributed by atoms with Crippen molar-refractivity contribution in [3.8, 4) is 5.75 Å². The number of ketones is 1. The van der Waals surface area contributed by atoms with Crippen LogP contribution in [0, 0.1) is 0 Å². The Morgan fingerprint density at radius 3 is 2.56 bits per heavy atom. The molecule has 2 aromatic carbocycles. The van der Waals surface area contributed by atoms with Crippen molar-refractivity contribution in [3.05, 3.63) is 74.9 Å². The maximum absolute atomic E-state index is 13.7. The standard InChI is InChI=1S/C21H17Cl2N5O4/c1-3-32-13-7-4-11(5-8-13)19(29)16-17(20(30)31-2)24-21-25-26-27-28(21)18(16)14-9-6-12(22)10-15(14)23/h4-10,18H,3H2,1-2H3,(H,24,25,27)/t18-/m0/s1. The van der Waals surface area contributed by atoms with E-state index in [0.717, 1.165) is 0 Å². The minimum Gasteiger partial charge on any atom is -0.494 e. The number of nitrogens with one attached hydrogen (secondary N) is 1. The molecule has 1 aromatic heterocycles. The Kier molecular flexibility index (Phi) is 6.11. The number of hydrogen-bond acceptors (Lipinski definition) is 8. The van der Waals surface area contributed by atoms with Gasteiger partial charge in [-0.25, -0.2) is 4.79 Å². The Balaban J connectivity index is 1.91. The van der Waals surface area contributed by atoms with Gasteiger partial charge in [-0.05, 0) is 53.7 Å². The number of benzene rings is 2. The Morgan fingerprint density at radius 1 is 1.16 bits per heavy atom. The molecule has 11 heteroatoms. The van der Waals surface area contributed by atoms with E-state index in [1.807, 2.05) is 6.92 Å². The number of carbonyl (C=O) groups is 2. The van der Waals surface area contributed by atoms with Crippen molar-refractivity contribution in [2.24, 2.45) is 0 Å². The van der Waals surface area contributed by atoms with Crippen LogP contribution >= 0.6 is 23.2 Å². The van der Waals surface area contributed by atoms with Gasteiger partial charge in [-0.15, -0.1) is 0 Å². The number of nitrogens with zero attached hydrogens (tertiary/aromatic N) is 4. The van der Waals surface area contributed by atoms with E-state index in [1.165, 1.54) is 11.8 Å². The number of rotatable bonds is 6. The van der Waals surface area contributed by atoms with Crippen molar-refractivity contribution >= 4 is 40.9 Å². The number of esters is 1. The molecule has 0 bridgehead atoms. The molecule has 0 fully saturated rings. The highest BCUT2D eigenvalue weighted by Crippen LogP contribution is 2.40. The van der Waals surface area contributed by atoms with E-state index in [4.69, 9.17) is 32.7 Å². The highest BCUT2D eigenvalue weighted by Gasteiger charge is 2.39. The Bertz CT molecular complexity index is 1220. The maximum atomic E-state index is 13.7. The molecule has 1 aliphatic heterocycles. The zero-order valence-electron chi connectivity index (χ0n) is 17.0. The molecule has 1 atom stereocenters. The van der Waals surface area contributed by atoms with Gasteiger partial charge in [0.25, 0.3) is 0 Å². The minimum absolute atomic E-state index is 0.0741. The predicted octanol–water partition coefficient (Wildman–Crippen LogP) is 3.70. The van der Waals surface area contributed by atoms with E-state index >= 15 is 0 Å². The van der Waals surface area contributed by atoms with Gasteiger partial charge in [-0.3, -0.25) is 4.79 Å². The molecule has 0 aliphatic carbocycles. The fourth-order valence-corrected chi connectivity index (χ4v) is 3.94. The van der Waals surface area contributed by atoms with Gasteiger partial charge in [0.2, 0.25) is 5.95 Å². The monoisotopic (exact) mass is 473 g/mol. The first-order chi connectivity index (χ1) is 15.4. The van der Waals surface area contributed by atoms with Crippen LogP contribution in [0.3, 0.4) is 0 Å². The average Bonchev–Trinajstić information content (AvgIpc) is 3.26. The number of halogens is 2. The molecule has 0 spiro atoms. The molecule has 164 valence electrons. The van der Waals surface area contributed by atoms with Gasteiger partial charge in [0.15, 0.2) is 5.78 Å². The van der Waals surface area contributed by atoms with Crippen molar-refractivity contribution in [2.75, 3.05) is 19.0 Å². The second-order valence-electron chi connectivity index (χ2n) is 6.71. The van der Waals surface area contributed by atoms with Gasteiger partial charge < -0.3 is 14.8 Å². The molecule has 3 aromatic rings. The van der Waals surface area contributed by atoms with Crippen LogP contribution in [0.5, 0.6) is 5.75 Å². The van der Waals surface area contributed by atoms with Crippen LogP contribution in [-0.2, 0) is 9.53 Å². The van der Waals surface area contributed by atoms with Gasteiger partial charge in [0.05, 0.1) is 19.3 Å². The van der Waals surface area contributed by atoms with E-state index in [0.29, 0.717) is 28.5 Å². The van der Waals surface area contributed by atoms with Crippen LogP contribution in [0.15, 0.2) is 53.7 Å². The summed E-state index contributed by atoms with van der Waals surface area (Å²) in [5, 5.41) is 15.1. The molecule has 1 aliphatic rings. The summed E-state index contributed by atoms with van der Waals surface area (Å²) in [5.74, 6) is -0.403. The summed E-state index contributed by atoms with van der Waals surface area (Å²) in [7, 11) is 1.22. The number of allylic oxidation sites excluding steroid dienone is 1. The smallest absolute Gasteiger partial charge is 0.355 e. The molecule has 9 nitrogen and oxygen atoms in total. The number of methoxy groups -OCH3 is 1. The van der Waals surface area contributed by atoms with Crippen LogP contribution in [-0.4, -0.2) is 45.7 Å². The summed E-state index contributed by atoms with van der Waals surface area (Å²) in [5.41, 5.74) is 0.815. The van der Waals surface area contributed by atoms with Crippen molar-refractivity contribution in [1.29, 1.82) is 0 Å². The van der Waals surface area contributed by atoms with Crippen molar-refractivity contribution in [3.63, 3.8) is 0 Å². The van der Waals surface area contributed by atoms with Crippen LogP contribution in [0.2, 0.25) is 10.0 Å². The average molecular weight is 474 g/mol. The molecule has 0 radical (unpaired) electrons. The second kappa shape index (κ2) is 8.97. The third kappa shape index (κ3) is 3.92. The SMILES string of the molecule is CCOc1ccc(C(=O)C2=C(C(=O)OC)Nc3nnnn3[C@H]2c2ccc(Cl)cc2Cl)cc1. The summed E-state index contributed by atoms with van der Waals surface area (Å²) < 4.78 is 11.7. The van der Waals surface area contributed by atoms with E-state index in [9.17, 15) is 9.59 Å². The minimum atomic E-state index is -0.904. The Labute approximate surface area is 192 Å². The lowest BCUT2D eigenvalue weighted by Gasteiger charge is -2.28. The molecule has 1 N–H and O–H groups in total. The van der Waals surface area contributed by atoms with Gasteiger partial charge >= 0.3 is 5.97 Å². The van der Waals surface area contributed by atoms with Gasteiger partial charge in [0, 0.05) is 21.2 Å². The fourth-order valence-electron chi connectivity index (χ4n) is 3.42. The van der Waals surface area contributed by atoms with Crippen molar-refractivity contribution in [2.45, 2.75) is 13.0 Å². The van der Waals surface area contributed by atoms with Crippen LogP contribution in [0.1, 0.15) is 28.9 Å². The summed E-state index contributed by atoms with van der Waals surface area (Å²) >= 11 is 12.5. The second-order valence-corrected chi connectivity index (χ2v) is 7.55. The molecule has 0 unspecified atom stereocenters. The first kappa shape index (κ1) is 21.8. The van der Waals surface area contributed by atoms with Gasteiger partial charge in [-0.2, -0.15) is 4.68 Å². The number of anilines is 1. The Hall–Kier alpha value is -3.43. The third-order valence-electron chi connectivity index (χ3n) is 4.84. The molecule has 4 rings (SSSR count). The normalized spacial score (nSPS) is 15.1. The summed E-state index contributed by atoms with van der Waals surface area (Å²) in [4.78, 5) is 26.3. The topological polar surface area (TPSA) is 108 Å². The maximum Gasteiger partial charge on any atom is 0.355 e. The lowest BCUT2D eigenvalue weighted by atomic mass is 9.89.